The Morgan fingerprint density at radius 1 is 1.03 bits per heavy atom. The van der Waals surface area contributed by atoms with Crippen molar-refractivity contribution in [1.82, 2.24) is 19.9 Å². The van der Waals surface area contributed by atoms with E-state index in [0.29, 0.717) is 43.8 Å². The number of likely N-dealkylation sites (tertiary alicyclic amines) is 1. The minimum absolute atomic E-state index is 0.172. The van der Waals surface area contributed by atoms with E-state index in [-0.39, 0.29) is 12.6 Å². The van der Waals surface area contributed by atoms with E-state index >= 15 is 0 Å². The molecular weight excluding hydrogens is 468 g/mol. The molecule has 4 rings (SSSR count). The van der Waals surface area contributed by atoms with Crippen LogP contribution in [0.2, 0.25) is 0 Å². The highest BCUT2D eigenvalue weighted by molar-refractivity contribution is 6.01. The largest absolute Gasteiger partial charge is 0.444 e. The number of hydrogen-bond donors (Lipinski definition) is 0. The molecule has 36 heavy (non-hydrogen) atoms. The van der Waals surface area contributed by atoms with Crippen molar-refractivity contribution < 1.29 is 33.6 Å². The normalized spacial score (nSPS) is 23.7. The smallest absolute Gasteiger partial charge is 0.410 e. The lowest BCUT2D eigenvalue weighted by atomic mass is 10.00. The van der Waals surface area contributed by atoms with Gasteiger partial charge in [-0.1, -0.05) is 30.3 Å². The molecule has 5 amide bonds. The molecule has 0 spiro atoms. The number of fused-ring (bicyclic) bond motifs is 2. The van der Waals surface area contributed by atoms with Crippen molar-refractivity contribution in [2.75, 3.05) is 20.2 Å². The van der Waals surface area contributed by atoms with Crippen molar-refractivity contribution in [2.45, 2.75) is 76.8 Å². The van der Waals surface area contributed by atoms with Crippen LogP contribution in [-0.2, 0) is 30.6 Å². The molecule has 0 aliphatic carbocycles. The Morgan fingerprint density at radius 2 is 1.72 bits per heavy atom. The number of carbonyl (C=O) groups excluding carboxylic acids is 4. The third kappa shape index (κ3) is 5.31. The molecule has 3 aliphatic rings. The van der Waals surface area contributed by atoms with Gasteiger partial charge in [0, 0.05) is 13.1 Å². The predicted octanol–water partition coefficient (Wildman–Crippen LogP) is 2.70. The van der Waals surface area contributed by atoms with Gasteiger partial charge in [0.25, 0.3) is 11.8 Å². The van der Waals surface area contributed by atoms with Crippen LogP contribution in [0.5, 0.6) is 0 Å². The molecule has 1 aromatic rings. The maximum Gasteiger partial charge on any atom is 0.410 e. The SMILES string of the molecule is CON(C(=O)C1CCC2CN1C(=O)N2OCc1ccccc1)C(=O)[C@@H]1CCCN1C(=O)OC(C)(C)C. The van der Waals surface area contributed by atoms with E-state index in [1.165, 1.54) is 22.0 Å². The average Bonchev–Trinajstić information content (AvgIpc) is 3.42. The zero-order valence-electron chi connectivity index (χ0n) is 21.2. The topological polar surface area (TPSA) is 109 Å². The van der Waals surface area contributed by atoms with Crippen LogP contribution in [0.1, 0.15) is 52.0 Å². The fourth-order valence-corrected chi connectivity index (χ4v) is 4.89. The molecule has 196 valence electrons. The first kappa shape index (κ1) is 25.9. The van der Waals surface area contributed by atoms with E-state index in [1.54, 1.807) is 20.8 Å². The summed E-state index contributed by atoms with van der Waals surface area (Å²) >= 11 is 0. The van der Waals surface area contributed by atoms with Gasteiger partial charge in [0.1, 0.15) is 24.3 Å². The summed E-state index contributed by atoms with van der Waals surface area (Å²) in [4.78, 5) is 66.3. The quantitative estimate of drug-likeness (QED) is 0.435. The lowest BCUT2D eigenvalue weighted by Crippen LogP contribution is -2.56. The first-order valence-corrected chi connectivity index (χ1v) is 12.3. The summed E-state index contributed by atoms with van der Waals surface area (Å²) in [6, 6.07) is 7.19. The number of nitrogens with zero attached hydrogens (tertiary/aromatic N) is 4. The minimum Gasteiger partial charge on any atom is -0.444 e. The van der Waals surface area contributed by atoms with Crippen LogP contribution >= 0.6 is 0 Å². The molecule has 11 nitrogen and oxygen atoms in total. The number of rotatable bonds is 6. The van der Waals surface area contributed by atoms with Gasteiger partial charge in [0.2, 0.25) is 0 Å². The number of amides is 5. The number of hydroxylamine groups is 4. The number of piperidine rings is 1. The average molecular weight is 503 g/mol. The van der Waals surface area contributed by atoms with E-state index < -0.39 is 41.6 Å². The Balaban J connectivity index is 1.42. The molecule has 0 saturated carbocycles. The maximum absolute atomic E-state index is 13.4. The van der Waals surface area contributed by atoms with Crippen LogP contribution in [-0.4, -0.2) is 87.8 Å². The number of ether oxygens (including phenoxy) is 1. The standard InChI is InChI=1S/C25H34N4O7/c1-25(2,3)36-24(33)26-14-8-11-19(26)21(30)29(34-4)22(31)20-13-12-18-15-27(20)23(32)28(18)35-16-17-9-6-5-7-10-17/h5-7,9-10,18-20H,8,11-16H2,1-4H3/t18?,19-,20?/m0/s1. The summed E-state index contributed by atoms with van der Waals surface area (Å²) in [5, 5.41) is 2.03. The second-order valence-corrected chi connectivity index (χ2v) is 10.3. The molecule has 0 radical (unpaired) electrons. The fourth-order valence-electron chi connectivity index (χ4n) is 4.89. The van der Waals surface area contributed by atoms with Gasteiger partial charge < -0.3 is 9.64 Å². The van der Waals surface area contributed by atoms with Gasteiger partial charge in [0.05, 0.1) is 13.2 Å². The van der Waals surface area contributed by atoms with Gasteiger partial charge in [-0.05, 0) is 52.0 Å². The summed E-state index contributed by atoms with van der Waals surface area (Å²) in [5.74, 6) is -1.27. The first-order valence-electron chi connectivity index (χ1n) is 12.3. The van der Waals surface area contributed by atoms with Gasteiger partial charge in [0.15, 0.2) is 0 Å². The van der Waals surface area contributed by atoms with Crippen LogP contribution in [0, 0.1) is 0 Å². The highest BCUT2D eigenvalue weighted by Crippen LogP contribution is 2.32. The zero-order chi connectivity index (χ0) is 26.0. The summed E-state index contributed by atoms with van der Waals surface area (Å²) in [6.07, 6.45) is 1.30. The van der Waals surface area contributed by atoms with Gasteiger partial charge >= 0.3 is 12.1 Å². The molecule has 2 bridgehead atoms. The van der Waals surface area contributed by atoms with Crippen LogP contribution in [0.3, 0.4) is 0 Å². The second-order valence-electron chi connectivity index (χ2n) is 10.3. The second kappa shape index (κ2) is 10.4. The summed E-state index contributed by atoms with van der Waals surface area (Å²) in [5.41, 5.74) is 0.212. The third-order valence-corrected chi connectivity index (χ3v) is 6.57. The van der Waals surface area contributed by atoms with Crippen molar-refractivity contribution in [2.24, 2.45) is 0 Å². The summed E-state index contributed by atoms with van der Waals surface area (Å²) < 4.78 is 5.43. The van der Waals surface area contributed by atoms with Crippen molar-refractivity contribution in [3.8, 4) is 0 Å². The highest BCUT2D eigenvalue weighted by Gasteiger charge is 2.51. The number of carbonyl (C=O) groups is 4. The van der Waals surface area contributed by atoms with Crippen molar-refractivity contribution in [3.63, 3.8) is 0 Å². The van der Waals surface area contributed by atoms with Gasteiger partial charge in [-0.15, -0.1) is 0 Å². The number of hydrogen-bond acceptors (Lipinski definition) is 7. The predicted molar refractivity (Wildman–Crippen MR) is 127 cm³/mol. The van der Waals surface area contributed by atoms with Crippen LogP contribution in [0.4, 0.5) is 9.59 Å². The molecule has 1 aromatic carbocycles. The first-order chi connectivity index (χ1) is 17.1. The number of urea groups is 1. The van der Waals surface area contributed by atoms with Gasteiger partial charge in [-0.3, -0.25) is 24.2 Å². The minimum atomic E-state index is -0.875. The molecule has 11 heteroatoms. The molecule has 3 saturated heterocycles. The van der Waals surface area contributed by atoms with E-state index in [9.17, 15) is 19.2 Å². The molecule has 3 aliphatic heterocycles. The summed E-state index contributed by atoms with van der Waals surface area (Å²) in [7, 11) is 1.23. The Kier molecular flexibility index (Phi) is 7.51. The summed E-state index contributed by atoms with van der Waals surface area (Å²) in [6.45, 7) is 6.15. The van der Waals surface area contributed by atoms with Crippen molar-refractivity contribution in [3.05, 3.63) is 35.9 Å². The Morgan fingerprint density at radius 3 is 2.39 bits per heavy atom. The van der Waals surface area contributed by atoms with Crippen LogP contribution < -0.4 is 0 Å². The fraction of sp³-hybridized carbons (Fsp3) is 0.600. The Hall–Kier alpha value is -3.18. The molecule has 2 unspecified atom stereocenters. The van der Waals surface area contributed by atoms with Crippen molar-refractivity contribution in [1.29, 1.82) is 0 Å². The number of imide groups is 1. The van der Waals surface area contributed by atoms with E-state index in [1.807, 2.05) is 30.3 Å². The number of benzene rings is 1. The molecule has 0 aromatic heterocycles. The van der Waals surface area contributed by atoms with Gasteiger partial charge in [-0.2, -0.15) is 10.1 Å². The zero-order valence-corrected chi connectivity index (χ0v) is 21.2. The molecule has 3 heterocycles. The van der Waals surface area contributed by atoms with Crippen LogP contribution in [0.25, 0.3) is 0 Å². The van der Waals surface area contributed by atoms with E-state index in [0.717, 1.165) is 5.56 Å². The lowest BCUT2D eigenvalue weighted by molar-refractivity contribution is -0.193. The monoisotopic (exact) mass is 502 g/mol. The van der Waals surface area contributed by atoms with Crippen molar-refractivity contribution >= 4 is 23.9 Å². The highest BCUT2D eigenvalue weighted by atomic mass is 16.7. The maximum atomic E-state index is 13.4. The Bertz CT molecular complexity index is 996. The molecule has 3 atom stereocenters. The Labute approximate surface area is 210 Å². The van der Waals surface area contributed by atoms with E-state index in [4.69, 9.17) is 14.4 Å². The molecular formula is C25H34N4O7. The lowest BCUT2D eigenvalue weighted by Gasteiger charge is -2.34. The third-order valence-electron chi connectivity index (χ3n) is 6.57. The van der Waals surface area contributed by atoms with Gasteiger partial charge in [-0.25, -0.2) is 9.59 Å². The van der Waals surface area contributed by atoms with Crippen LogP contribution in [0.15, 0.2) is 30.3 Å². The molecule has 0 N–H and O–H groups in total. The molecule has 3 fully saturated rings. The van der Waals surface area contributed by atoms with E-state index in [2.05, 4.69) is 0 Å².